The average molecular weight is 600 g/mol. The first-order chi connectivity index (χ1) is 18.3. The zero-order valence-corrected chi connectivity index (χ0v) is 22.9. The van der Waals surface area contributed by atoms with Gasteiger partial charge in [0.2, 0.25) is 0 Å². The second kappa shape index (κ2) is 12.2. The number of nitro benzene ring substituents is 1. The summed E-state index contributed by atoms with van der Waals surface area (Å²) in [5.74, 6) is 0.444. The van der Waals surface area contributed by atoms with E-state index in [0.29, 0.717) is 50.4 Å². The summed E-state index contributed by atoms with van der Waals surface area (Å²) in [6.07, 6.45) is 1.76. The van der Waals surface area contributed by atoms with Crippen molar-refractivity contribution in [1.82, 2.24) is 4.90 Å². The fourth-order valence-electron chi connectivity index (χ4n) is 3.56. The molecule has 0 radical (unpaired) electrons. The predicted molar refractivity (Wildman–Crippen MR) is 149 cm³/mol. The zero-order valence-electron chi connectivity index (χ0n) is 20.5. The number of rotatable bonds is 9. The van der Waals surface area contributed by atoms with Gasteiger partial charge in [-0.1, -0.05) is 15.9 Å². The van der Waals surface area contributed by atoms with Crippen molar-refractivity contribution in [2.75, 3.05) is 13.2 Å². The van der Waals surface area contributed by atoms with Gasteiger partial charge in [0, 0.05) is 23.2 Å². The molecular weight excluding hydrogens is 577 g/mol. The van der Waals surface area contributed by atoms with Crippen LogP contribution in [0.25, 0.3) is 6.08 Å². The van der Waals surface area contributed by atoms with Gasteiger partial charge in [-0.05, 0) is 91.3 Å². The van der Waals surface area contributed by atoms with E-state index < -0.39 is 4.92 Å². The Labute approximate surface area is 231 Å². The van der Waals surface area contributed by atoms with Crippen molar-refractivity contribution in [3.8, 4) is 11.5 Å². The van der Waals surface area contributed by atoms with Crippen molar-refractivity contribution in [2.45, 2.75) is 20.5 Å². The Morgan fingerprint density at radius 2 is 1.76 bits per heavy atom. The molecule has 0 aromatic heterocycles. The number of aliphatic imine (C=N–C) groups is 1. The largest absolute Gasteiger partial charge is 0.490 e. The number of nitrogens with zero attached hydrogens (tertiary/aromatic N) is 3. The molecule has 38 heavy (non-hydrogen) atoms. The van der Waals surface area contributed by atoms with Gasteiger partial charge in [-0.15, -0.1) is 0 Å². The van der Waals surface area contributed by atoms with Crippen LogP contribution < -0.4 is 9.47 Å². The topological polar surface area (TPSA) is 94.3 Å². The number of thioether (sulfide) groups is 1. The van der Waals surface area contributed by atoms with Gasteiger partial charge in [-0.3, -0.25) is 19.8 Å². The molecule has 0 saturated carbocycles. The molecule has 1 fully saturated rings. The molecule has 0 aliphatic carbocycles. The molecule has 0 N–H and O–H groups in total. The fourth-order valence-corrected chi connectivity index (χ4v) is 5.05. The smallest absolute Gasteiger partial charge is 0.269 e. The molecule has 11 heteroatoms. The van der Waals surface area contributed by atoms with Crippen LogP contribution in [0.1, 0.15) is 25.0 Å². The molecule has 1 saturated heterocycles. The molecule has 1 aliphatic rings. The standard InChI is InChI=1S/C27H23BrFN3O5S/c1-3-31-26(33)25(38-27(31)30-20-9-7-19(29)8-10-20)14-18-13-23(36-4-2)24(15-22(18)28)37-16-17-5-11-21(12-6-17)32(34)35/h5-15H,3-4,16H2,1-2H3/b25-14+,30-27?. The number of likely N-dealkylation sites (N-methyl/N-ethyl adjacent to an activating group) is 1. The number of ether oxygens (including phenoxy) is 2. The lowest BCUT2D eigenvalue weighted by atomic mass is 10.1. The molecule has 196 valence electrons. The number of benzene rings is 3. The molecule has 1 amide bonds. The summed E-state index contributed by atoms with van der Waals surface area (Å²) >= 11 is 4.81. The van der Waals surface area contributed by atoms with Crippen LogP contribution in [-0.2, 0) is 11.4 Å². The van der Waals surface area contributed by atoms with Crippen LogP contribution in [0, 0.1) is 15.9 Å². The summed E-state index contributed by atoms with van der Waals surface area (Å²) in [6.45, 7) is 4.74. The van der Waals surface area contributed by atoms with E-state index in [1.54, 1.807) is 47.4 Å². The van der Waals surface area contributed by atoms with Crippen LogP contribution >= 0.6 is 27.7 Å². The van der Waals surface area contributed by atoms with Crippen molar-refractivity contribution in [2.24, 2.45) is 4.99 Å². The van der Waals surface area contributed by atoms with E-state index in [9.17, 15) is 19.3 Å². The number of amides is 1. The highest BCUT2D eigenvalue weighted by atomic mass is 79.9. The number of carbonyl (C=O) groups is 1. The molecule has 0 unspecified atom stereocenters. The van der Waals surface area contributed by atoms with Crippen molar-refractivity contribution in [1.29, 1.82) is 0 Å². The summed E-state index contributed by atoms with van der Waals surface area (Å²) < 4.78 is 25.7. The van der Waals surface area contributed by atoms with E-state index >= 15 is 0 Å². The average Bonchev–Trinajstić information content (AvgIpc) is 3.20. The minimum absolute atomic E-state index is 0.00993. The van der Waals surface area contributed by atoms with Gasteiger partial charge < -0.3 is 9.47 Å². The molecule has 0 spiro atoms. The van der Waals surface area contributed by atoms with Gasteiger partial charge in [-0.2, -0.15) is 0 Å². The Morgan fingerprint density at radius 1 is 1.08 bits per heavy atom. The number of halogens is 2. The summed E-state index contributed by atoms with van der Waals surface area (Å²) in [7, 11) is 0. The molecule has 0 atom stereocenters. The van der Waals surface area contributed by atoms with Gasteiger partial charge in [0.1, 0.15) is 12.4 Å². The third kappa shape index (κ3) is 6.40. The van der Waals surface area contributed by atoms with Crippen LogP contribution in [0.15, 0.2) is 75.0 Å². The molecule has 0 bridgehead atoms. The monoisotopic (exact) mass is 599 g/mol. The Balaban J connectivity index is 1.58. The highest BCUT2D eigenvalue weighted by molar-refractivity contribution is 9.10. The lowest BCUT2D eigenvalue weighted by molar-refractivity contribution is -0.384. The zero-order chi connectivity index (χ0) is 27.2. The van der Waals surface area contributed by atoms with E-state index in [-0.39, 0.29) is 24.0 Å². The molecule has 1 heterocycles. The molecule has 4 rings (SSSR count). The lowest BCUT2D eigenvalue weighted by Crippen LogP contribution is -2.28. The molecular formula is C27H23BrFN3O5S. The van der Waals surface area contributed by atoms with Crippen LogP contribution in [0.4, 0.5) is 15.8 Å². The van der Waals surface area contributed by atoms with Crippen LogP contribution in [-0.4, -0.2) is 34.0 Å². The Kier molecular flexibility index (Phi) is 8.80. The molecule has 3 aromatic rings. The number of hydrogen-bond donors (Lipinski definition) is 0. The Hall–Kier alpha value is -3.70. The second-order valence-electron chi connectivity index (χ2n) is 8.00. The normalized spacial score (nSPS) is 15.4. The van der Waals surface area contributed by atoms with Crippen molar-refractivity contribution < 1.29 is 23.6 Å². The third-order valence-corrected chi connectivity index (χ3v) is 7.14. The second-order valence-corrected chi connectivity index (χ2v) is 9.86. The first-order valence-electron chi connectivity index (χ1n) is 11.7. The minimum Gasteiger partial charge on any atom is -0.490 e. The number of nitro groups is 1. The number of carbonyl (C=O) groups excluding carboxylic acids is 1. The highest BCUT2D eigenvalue weighted by Crippen LogP contribution is 2.39. The van der Waals surface area contributed by atoms with Crippen molar-refractivity contribution in [3.05, 3.63) is 97.1 Å². The number of hydrogen-bond acceptors (Lipinski definition) is 7. The maximum atomic E-state index is 13.3. The number of non-ortho nitro benzene ring substituents is 1. The van der Waals surface area contributed by atoms with Gasteiger partial charge in [-0.25, -0.2) is 9.38 Å². The fraction of sp³-hybridized carbons (Fsp3) is 0.185. The summed E-state index contributed by atoms with van der Waals surface area (Å²) in [4.78, 5) is 30.1. The summed E-state index contributed by atoms with van der Waals surface area (Å²) in [6, 6.07) is 15.4. The van der Waals surface area contributed by atoms with E-state index in [4.69, 9.17) is 9.47 Å². The van der Waals surface area contributed by atoms with Crippen molar-refractivity contribution >= 4 is 56.2 Å². The first-order valence-corrected chi connectivity index (χ1v) is 13.3. The van der Waals surface area contributed by atoms with Crippen LogP contribution in [0.5, 0.6) is 11.5 Å². The maximum absolute atomic E-state index is 13.3. The van der Waals surface area contributed by atoms with Gasteiger partial charge in [0.25, 0.3) is 11.6 Å². The third-order valence-electron chi connectivity index (χ3n) is 5.45. The summed E-state index contributed by atoms with van der Waals surface area (Å²) in [5.41, 5.74) is 2.04. The van der Waals surface area contributed by atoms with E-state index in [2.05, 4.69) is 20.9 Å². The van der Waals surface area contributed by atoms with E-state index in [0.717, 1.165) is 5.56 Å². The van der Waals surface area contributed by atoms with E-state index in [1.165, 1.54) is 36.0 Å². The van der Waals surface area contributed by atoms with Gasteiger partial charge in [0.15, 0.2) is 16.7 Å². The Morgan fingerprint density at radius 3 is 2.39 bits per heavy atom. The minimum atomic E-state index is -0.452. The lowest BCUT2D eigenvalue weighted by Gasteiger charge is -2.14. The predicted octanol–water partition coefficient (Wildman–Crippen LogP) is 7.10. The first kappa shape index (κ1) is 27.3. The Bertz CT molecular complexity index is 1410. The molecule has 8 nitrogen and oxygen atoms in total. The van der Waals surface area contributed by atoms with Gasteiger partial charge in [0.05, 0.1) is 22.1 Å². The van der Waals surface area contributed by atoms with Gasteiger partial charge >= 0.3 is 0 Å². The number of amidine groups is 1. The SMILES string of the molecule is CCOc1cc(/C=C2/SC(=Nc3ccc(F)cc3)N(CC)C2=O)c(Br)cc1OCc1ccc([N+](=O)[O-])cc1. The highest BCUT2D eigenvalue weighted by Gasteiger charge is 2.32. The molecule has 1 aliphatic heterocycles. The van der Waals surface area contributed by atoms with Crippen molar-refractivity contribution in [3.63, 3.8) is 0 Å². The van der Waals surface area contributed by atoms with E-state index in [1.807, 2.05) is 13.8 Å². The van der Waals surface area contributed by atoms with Crippen LogP contribution in [0.3, 0.4) is 0 Å². The van der Waals surface area contributed by atoms with Crippen LogP contribution in [0.2, 0.25) is 0 Å². The quantitative estimate of drug-likeness (QED) is 0.148. The summed E-state index contributed by atoms with van der Waals surface area (Å²) in [5, 5.41) is 11.4. The molecule has 3 aromatic carbocycles. The maximum Gasteiger partial charge on any atom is 0.269 e.